The third kappa shape index (κ3) is 3.51. The van der Waals surface area contributed by atoms with Crippen LogP contribution in [-0.2, 0) is 18.7 Å². The lowest BCUT2D eigenvalue weighted by molar-refractivity contribution is 0.466. The van der Waals surface area contributed by atoms with Crippen molar-refractivity contribution >= 4 is 22.7 Å². The zero-order chi connectivity index (χ0) is 19.0. The summed E-state index contributed by atoms with van der Waals surface area (Å²) in [5, 5.41) is 20.4. The SMILES string of the molecule is C=CCn1c(SCc2cc(=O)oc3cc(O)c(CC)cc23)nnc1C1CC1. The predicted octanol–water partition coefficient (Wildman–Crippen LogP) is 4.01. The van der Waals surface area contributed by atoms with Gasteiger partial charge in [0.1, 0.15) is 17.2 Å². The summed E-state index contributed by atoms with van der Waals surface area (Å²) < 4.78 is 7.37. The first-order valence-corrected chi connectivity index (χ1v) is 10.0. The minimum absolute atomic E-state index is 0.151. The number of aromatic nitrogens is 3. The summed E-state index contributed by atoms with van der Waals surface area (Å²) in [6.45, 7) is 6.48. The van der Waals surface area contributed by atoms with Crippen LogP contribution in [0, 0.1) is 0 Å². The maximum Gasteiger partial charge on any atom is 0.336 e. The van der Waals surface area contributed by atoms with Gasteiger partial charge in [0, 0.05) is 35.7 Å². The second-order valence-electron chi connectivity index (χ2n) is 6.72. The van der Waals surface area contributed by atoms with E-state index in [4.69, 9.17) is 4.42 Å². The number of nitrogens with zero attached hydrogens (tertiary/aromatic N) is 3. The van der Waals surface area contributed by atoms with Gasteiger partial charge < -0.3 is 14.1 Å². The van der Waals surface area contributed by atoms with Gasteiger partial charge in [0.25, 0.3) is 0 Å². The third-order valence-electron chi connectivity index (χ3n) is 4.77. The van der Waals surface area contributed by atoms with Gasteiger partial charge in [-0.05, 0) is 36.5 Å². The smallest absolute Gasteiger partial charge is 0.336 e. The minimum Gasteiger partial charge on any atom is -0.508 e. The lowest BCUT2D eigenvalue weighted by Crippen LogP contribution is -2.04. The van der Waals surface area contributed by atoms with Crippen molar-refractivity contribution in [2.24, 2.45) is 0 Å². The van der Waals surface area contributed by atoms with Crippen LogP contribution in [0.5, 0.6) is 5.75 Å². The Labute approximate surface area is 160 Å². The standard InChI is InChI=1S/C20H21N3O3S/c1-3-7-23-19(13-5-6-13)21-22-20(23)27-11-14-9-18(25)26-17-10-16(24)12(4-2)8-15(14)17/h3,8-10,13,24H,1,4-7,11H2,2H3. The van der Waals surface area contributed by atoms with E-state index in [-0.39, 0.29) is 5.75 Å². The van der Waals surface area contributed by atoms with E-state index in [1.165, 1.54) is 12.1 Å². The number of phenolic OH excluding ortho intramolecular Hbond substituents is 1. The van der Waals surface area contributed by atoms with Gasteiger partial charge in [0.2, 0.25) is 0 Å². The number of rotatable bonds is 7. The monoisotopic (exact) mass is 383 g/mol. The van der Waals surface area contributed by atoms with Gasteiger partial charge in [-0.2, -0.15) is 0 Å². The van der Waals surface area contributed by atoms with Crippen LogP contribution in [-0.4, -0.2) is 19.9 Å². The topological polar surface area (TPSA) is 81.2 Å². The fourth-order valence-electron chi connectivity index (χ4n) is 3.20. The molecule has 140 valence electrons. The number of fused-ring (bicyclic) bond motifs is 1. The van der Waals surface area contributed by atoms with Gasteiger partial charge in [-0.15, -0.1) is 16.8 Å². The molecule has 0 atom stereocenters. The molecule has 0 unspecified atom stereocenters. The molecule has 6 nitrogen and oxygen atoms in total. The number of allylic oxidation sites excluding steroid dienone is 1. The Balaban J connectivity index is 1.68. The highest BCUT2D eigenvalue weighted by molar-refractivity contribution is 7.98. The largest absolute Gasteiger partial charge is 0.508 e. The molecule has 0 radical (unpaired) electrons. The van der Waals surface area contributed by atoms with Crippen LogP contribution < -0.4 is 5.63 Å². The molecule has 1 saturated carbocycles. The molecule has 1 aromatic carbocycles. The predicted molar refractivity (Wildman–Crippen MR) is 105 cm³/mol. The van der Waals surface area contributed by atoms with Crippen molar-refractivity contribution < 1.29 is 9.52 Å². The molecule has 1 aliphatic rings. The zero-order valence-electron chi connectivity index (χ0n) is 15.1. The van der Waals surface area contributed by atoms with Crippen LogP contribution >= 0.6 is 11.8 Å². The lowest BCUT2D eigenvalue weighted by Gasteiger charge is -2.09. The van der Waals surface area contributed by atoms with E-state index in [0.29, 0.717) is 30.2 Å². The molecule has 1 fully saturated rings. The number of hydrogen-bond acceptors (Lipinski definition) is 6. The molecule has 2 aromatic heterocycles. The molecule has 0 saturated heterocycles. The summed E-state index contributed by atoms with van der Waals surface area (Å²) in [5.41, 5.74) is 1.67. The highest BCUT2D eigenvalue weighted by Crippen LogP contribution is 2.40. The quantitative estimate of drug-likeness (QED) is 0.377. The van der Waals surface area contributed by atoms with E-state index >= 15 is 0 Å². The van der Waals surface area contributed by atoms with Crippen LogP contribution in [0.1, 0.15) is 42.6 Å². The molecule has 7 heteroatoms. The van der Waals surface area contributed by atoms with E-state index in [0.717, 1.165) is 40.3 Å². The minimum atomic E-state index is -0.423. The molecule has 0 bridgehead atoms. The van der Waals surface area contributed by atoms with E-state index in [1.807, 2.05) is 19.1 Å². The fraction of sp³-hybridized carbons (Fsp3) is 0.350. The summed E-state index contributed by atoms with van der Waals surface area (Å²) in [4.78, 5) is 11.9. The van der Waals surface area contributed by atoms with Crippen LogP contribution in [0.2, 0.25) is 0 Å². The van der Waals surface area contributed by atoms with Gasteiger partial charge >= 0.3 is 5.63 Å². The Morgan fingerprint density at radius 3 is 2.85 bits per heavy atom. The number of hydrogen-bond donors (Lipinski definition) is 1. The first-order chi connectivity index (χ1) is 13.1. The van der Waals surface area contributed by atoms with Crippen molar-refractivity contribution in [3.63, 3.8) is 0 Å². The molecule has 0 aliphatic heterocycles. The summed E-state index contributed by atoms with van der Waals surface area (Å²) in [7, 11) is 0. The highest BCUT2D eigenvalue weighted by Gasteiger charge is 2.30. The van der Waals surface area contributed by atoms with E-state index in [1.54, 1.807) is 11.8 Å². The number of phenols is 1. The van der Waals surface area contributed by atoms with Gasteiger partial charge in [-0.1, -0.05) is 24.8 Å². The van der Waals surface area contributed by atoms with Crippen LogP contribution in [0.3, 0.4) is 0 Å². The van der Waals surface area contributed by atoms with Crippen LogP contribution in [0.25, 0.3) is 11.0 Å². The Morgan fingerprint density at radius 2 is 2.15 bits per heavy atom. The van der Waals surface area contributed by atoms with E-state index in [9.17, 15) is 9.90 Å². The molecule has 27 heavy (non-hydrogen) atoms. The van der Waals surface area contributed by atoms with Crippen molar-refractivity contribution in [1.82, 2.24) is 14.8 Å². The van der Waals surface area contributed by atoms with Crippen LogP contribution in [0.4, 0.5) is 0 Å². The van der Waals surface area contributed by atoms with E-state index in [2.05, 4.69) is 21.3 Å². The van der Waals surface area contributed by atoms with Crippen molar-refractivity contribution in [3.8, 4) is 5.75 Å². The number of aromatic hydroxyl groups is 1. The molecule has 1 N–H and O–H groups in total. The van der Waals surface area contributed by atoms with Gasteiger partial charge in [-0.3, -0.25) is 0 Å². The van der Waals surface area contributed by atoms with Crippen LogP contribution in [0.15, 0.2) is 45.2 Å². The highest BCUT2D eigenvalue weighted by atomic mass is 32.2. The molecule has 4 rings (SSSR count). The lowest BCUT2D eigenvalue weighted by atomic mass is 10.1. The Bertz CT molecular complexity index is 1070. The number of thioether (sulfide) groups is 1. The first kappa shape index (κ1) is 17.9. The maximum absolute atomic E-state index is 11.9. The molecule has 0 amide bonds. The molecule has 3 aromatic rings. The second-order valence-corrected chi connectivity index (χ2v) is 7.67. The number of benzene rings is 1. The van der Waals surface area contributed by atoms with Gasteiger partial charge in [0.05, 0.1) is 0 Å². The molecule has 2 heterocycles. The molecular weight excluding hydrogens is 362 g/mol. The zero-order valence-corrected chi connectivity index (χ0v) is 16.0. The fourth-order valence-corrected chi connectivity index (χ4v) is 4.15. The Kier molecular flexibility index (Phi) is 4.78. The van der Waals surface area contributed by atoms with Crippen molar-refractivity contribution in [3.05, 3.63) is 58.2 Å². The summed E-state index contributed by atoms with van der Waals surface area (Å²) in [6.07, 6.45) is 4.87. The first-order valence-electron chi connectivity index (χ1n) is 9.06. The third-order valence-corrected chi connectivity index (χ3v) is 5.78. The maximum atomic E-state index is 11.9. The van der Waals surface area contributed by atoms with E-state index < -0.39 is 5.63 Å². The molecular formula is C20H21N3O3S. The van der Waals surface area contributed by atoms with Crippen molar-refractivity contribution in [2.45, 2.75) is 49.6 Å². The molecule has 1 aliphatic carbocycles. The normalized spacial score (nSPS) is 14.0. The van der Waals surface area contributed by atoms with Crippen molar-refractivity contribution in [1.29, 1.82) is 0 Å². The Hall–Kier alpha value is -2.54. The summed E-state index contributed by atoms with van der Waals surface area (Å²) >= 11 is 1.55. The summed E-state index contributed by atoms with van der Waals surface area (Å²) in [6, 6.07) is 4.94. The average molecular weight is 383 g/mol. The van der Waals surface area contributed by atoms with Crippen molar-refractivity contribution in [2.75, 3.05) is 0 Å². The second kappa shape index (κ2) is 7.23. The van der Waals surface area contributed by atoms with Gasteiger partial charge in [0.15, 0.2) is 5.16 Å². The number of aryl methyl sites for hydroxylation is 1. The van der Waals surface area contributed by atoms with Gasteiger partial charge in [-0.25, -0.2) is 4.79 Å². The summed E-state index contributed by atoms with van der Waals surface area (Å²) in [5.74, 6) is 2.24. The average Bonchev–Trinajstić information content (AvgIpc) is 3.41. The Morgan fingerprint density at radius 1 is 1.33 bits per heavy atom. The molecule has 0 spiro atoms.